The summed E-state index contributed by atoms with van der Waals surface area (Å²) in [6.07, 6.45) is 0.364. The molecule has 1 saturated heterocycles. The van der Waals surface area contributed by atoms with Crippen LogP contribution in [0.4, 0.5) is 4.79 Å². The first-order valence-electron chi connectivity index (χ1n) is 10.1. The minimum Gasteiger partial charge on any atom is -0.434 e. The smallest absolute Gasteiger partial charge is 0.434 e. The topological polar surface area (TPSA) is 77.1 Å². The molecule has 1 spiro atoms. The standard InChI is InChI=1S/C22H30N2O5/c1-6-28-21(26)29-19-18(17-8-7-16(14(2)3)13-15(17)4)20(25)23-22(19)9-11-24(27-5)12-10-22/h7-8,13-14H,6,9-12H2,1-5H3,(H,23,25). The number of nitrogens with zero attached hydrogens (tertiary/aromatic N) is 1. The third kappa shape index (κ3) is 4.16. The van der Waals surface area contributed by atoms with E-state index in [4.69, 9.17) is 14.3 Å². The molecule has 0 atom stereocenters. The van der Waals surface area contributed by atoms with Crippen molar-refractivity contribution >= 4 is 17.6 Å². The summed E-state index contributed by atoms with van der Waals surface area (Å²) in [7, 11) is 1.63. The largest absolute Gasteiger partial charge is 0.513 e. The lowest BCUT2D eigenvalue weighted by Gasteiger charge is -2.38. The number of hydroxylamine groups is 2. The summed E-state index contributed by atoms with van der Waals surface area (Å²) in [5.41, 5.74) is 2.62. The first-order chi connectivity index (χ1) is 13.8. The van der Waals surface area contributed by atoms with Crippen LogP contribution in [0.2, 0.25) is 0 Å². The van der Waals surface area contributed by atoms with E-state index in [1.165, 1.54) is 5.56 Å². The van der Waals surface area contributed by atoms with Crippen molar-refractivity contribution in [3.05, 3.63) is 40.6 Å². The van der Waals surface area contributed by atoms with Gasteiger partial charge in [0.1, 0.15) is 5.54 Å². The van der Waals surface area contributed by atoms with E-state index in [-0.39, 0.29) is 12.5 Å². The molecule has 7 heteroatoms. The van der Waals surface area contributed by atoms with Crippen LogP contribution in [0.3, 0.4) is 0 Å². The zero-order chi connectivity index (χ0) is 21.2. The van der Waals surface area contributed by atoms with Gasteiger partial charge in [0, 0.05) is 13.1 Å². The summed E-state index contributed by atoms with van der Waals surface area (Å²) in [5, 5.41) is 4.93. The number of amides is 1. The molecule has 158 valence electrons. The summed E-state index contributed by atoms with van der Waals surface area (Å²) in [6, 6.07) is 6.05. The highest BCUT2D eigenvalue weighted by Gasteiger charge is 2.50. The van der Waals surface area contributed by atoms with E-state index < -0.39 is 11.7 Å². The maximum atomic E-state index is 13.1. The van der Waals surface area contributed by atoms with Crippen LogP contribution in [0, 0.1) is 6.92 Å². The molecule has 1 fully saturated rings. The fraction of sp³-hybridized carbons (Fsp3) is 0.545. The third-order valence-corrected chi connectivity index (χ3v) is 5.71. The predicted octanol–water partition coefficient (Wildman–Crippen LogP) is 3.53. The number of hydrogen-bond donors (Lipinski definition) is 1. The molecule has 2 aliphatic rings. The second-order valence-electron chi connectivity index (χ2n) is 7.87. The number of hydrogen-bond acceptors (Lipinski definition) is 6. The number of carbonyl (C=O) groups excluding carboxylic acids is 2. The molecule has 1 amide bonds. The van der Waals surface area contributed by atoms with E-state index in [1.54, 1.807) is 14.0 Å². The highest BCUT2D eigenvalue weighted by atomic mass is 16.7. The van der Waals surface area contributed by atoms with Crippen molar-refractivity contribution < 1.29 is 23.9 Å². The van der Waals surface area contributed by atoms with Crippen LogP contribution in [0.5, 0.6) is 0 Å². The first-order valence-corrected chi connectivity index (χ1v) is 10.1. The Morgan fingerprint density at radius 1 is 1.28 bits per heavy atom. The number of aryl methyl sites for hydroxylation is 1. The maximum absolute atomic E-state index is 13.1. The van der Waals surface area contributed by atoms with Crippen LogP contribution in [0.25, 0.3) is 5.57 Å². The summed E-state index contributed by atoms with van der Waals surface area (Å²) in [5.74, 6) is 0.516. The van der Waals surface area contributed by atoms with Crippen molar-refractivity contribution in [1.29, 1.82) is 0 Å². The van der Waals surface area contributed by atoms with Gasteiger partial charge in [0.25, 0.3) is 5.91 Å². The summed E-state index contributed by atoms with van der Waals surface area (Å²) < 4.78 is 10.7. The van der Waals surface area contributed by atoms with Crippen LogP contribution in [0.1, 0.15) is 56.2 Å². The van der Waals surface area contributed by atoms with Crippen LogP contribution in [-0.2, 0) is 19.1 Å². The van der Waals surface area contributed by atoms with Crippen molar-refractivity contribution in [2.45, 2.75) is 52.0 Å². The van der Waals surface area contributed by atoms with E-state index in [0.29, 0.717) is 43.2 Å². The van der Waals surface area contributed by atoms with E-state index in [1.807, 2.05) is 24.1 Å². The lowest BCUT2D eigenvalue weighted by Crippen LogP contribution is -2.53. The van der Waals surface area contributed by atoms with Crippen molar-refractivity contribution in [3.8, 4) is 0 Å². The molecule has 1 aromatic carbocycles. The molecule has 0 saturated carbocycles. The molecular weight excluding hydrogens is 372 g/mol. The molecule has 2 heterocycles. The second-order valence-corrected chi connectivity index (χ2v) is 7.87. The number of nitrogens with one attached hydrogen (secondary N) is 1. The van der Waals surface area contributed by atoms with Crippen molar-refractivity contribution in [3.63, 3.8) is 0 Å². The number of piperidine rings is 1. The average molecular weight is 402 g/mol. The monoisotopic (exact) mass is 402 g/mol. The highest BCUT2D eigenvalue weighted by Crippen LogP contribution is 2.42. The van der Waals surface area contributed by atoms with Gasteiger partial charge in [0.2, 0.25) is 0 Å². The van der Waals surface area contributed by atoms with Gasteiger partial charge in [0.05, 0.1) is 19.3 Å². The van der Waals surface area contributed by atoms with E-state index in [2.05, 4.69) is 25.2 Å². The molecular formula is C22H30N2O5. The molecule has 0 radical (unpaired) electrons. The summed E-state index contributed by atoms with van der Waals surface area (Å²) in [4.78, 5) is 30.6. The lowest BCUT2D eigenvalue weighted by atomic mass is 9.85. The Hall–Kier alpha value is -2.38. The molecule has 0 unspecified atom stereocenters. The Kier molecular flexibility index (Phi) is 6.29. The second kappa shape index (κ2) is 8.55. The Bertz CT molecular complexity index is 822. The summed E-state index contributed by atoms with van der Waals surface area (Å²) in [6.45, 7) is 9.39. The Labute approximate surface area is 171 Å². The van der Waals surface area contributed by atoms with E-state index >= 15 is 0 Å². The number of ether oxygens (including phenoxy) is 2. The molecule has 2 aliphatic heterocycles. The van der Waals surface area contributed by atoms with Crippen LogP contribution < -0.4 is 5.32 Å². The molecule has 0 bridgehead atoms. The van der Waals surface area contributed by atoms with Gasteiger partial charge in [-0.3, -0.25) is 4.79 Å². The maximum Gasteiger partial charge on any atom is 0.513 e. The van der Waals surface area contributed by atoms with Crippen LogP contribution in [-0.4, -0.2) is 49.5 Å². The minimum atomic E-state index is -0.790. The van der Waals surface area contributed by atoms with Crippen LogP contribution in [0.15, 0.2) is 24.0 Å². The van der Waals surface area contributed by atoms with Gasteiger partial charge in [0.15, 0.2) is 5.76 Å². The van der Waals surface area contributed by atoms with E-state index in [9.17, 15) is 9.59 Å². The molecule has 3 rings (SSSR count). The van der Waals surface area contributed by atoms with Crippen molar-refractivity contribution in [1.82, 2.24) is 10.4 Å². The Morgan fingerprint density at radius 2 is 1.97 bits per heavy atom. The van der Waals surface area contributed by atoms with Gasteiger partial charge < -0.3 is 19.6 Å². The summed E-state index contributed by atoms with van der Waals surface area (Å²) >= 11 is 0. The zero-order valence-corrected chi connectivity index (χ0v) is 17.8. The average Bonchev–Trinajstić information content (AvgIpc) is 2.93. The quantitative estimate of drug-likeness (QED) is 0.760. The van der Waals surface area contributed by atoms with Gasteiger partial charge in [-0.15, -0.1) is 0 Å². The molecule has 7 nitrogen and oxygen atoms in total. The number of carbonyl (C=O) groups is 2. The van der Waals surface area contributed by atoms with E-state index in [0.717, 1.165) is 11.1 Å². The lowest BCUT2D eigenvalue weighted by molar-refractivity contribution is -0.152. The normalized spacial score (nSPS) is 19.0. The highest BCUT2D eigenvalue weighted by molar-refractivity contribution is 6.23. The minimum absolute atomic E-state index is 0.204. The van der Waals surface area contributed by atoms with Gasteiger partial charge in [-0.2, -0.15) is 5.06 Å². The third-order valence-electron chi connectivity index (χ3n) is 5.71. The number of benzene rings is 1. The van der Waals surface area contributed by atoms with Gasteiger partial charge in [-0.25, -0.2) is 4.79 Å². The predicted molar refractivity (Wildman–Crippen MR) is 109 cm³/mol. The van der Waals surface area contributed by atoms with Gasteiger partial charge in [-0.05, 0) is 49.3 Å². The molecule has 1 aromatic rings. The fourth-order valence-corrected chi connectivity index (χ4v) is 4.03. The number of rotatable bonds is 5. The van der Waals surface area contributed by atoms with Crippen molar-refractivity contribution in [2.24, 2.45) is 0 Å². The van der Waals surface area contributed by atoms with Crippen LogP contribution >= 0.6 is 0 Å². The fourth-order valence-electron chi connectivity index (χ4n) is 4.03. The van der Waals surface area contributed by atoms with Gasteiger partial charge >= 0.3 is 6.16 Å². The van der Waals surface area contributed by atoms with Gasteiger partial charge in [-0.1, -0.05) is 32.0 Å². The molecule has 0 aliphatic carbocycles. The molecule has 1 N–H and O–H groups in total. The Morgan fingerprint density at radius 3 is 2.52 bits per heavy atom. The van der Waals surface area contributed by atoms with Crippen molar-refractivity contribution in [2.75, 3.05) is 26.8 Å². The zero-order valence-electron chi connectivity index (χ0n) is 17.8. The Balaban J connectivity index is 2.07. The molecule has 0 aromatic heterocycles. The molecule has 29 heavy (non-hydrogen) atoms. The first kappa shape index (κ1) is 21.3. The SMILES string of the molecule is CCOC(=O)OC1=C(c2ccc(C(C)C)cc2C)C(=O)NC12CCN(OC)CC2.